The molecule has 2 unspecified atom stereocenters. The van der Waals surface area contributed by atoms with Crippen molar-refractivity contribution in [2.24, 2.45) is 5.84 Å². The van der Waals surface area contributed by atoms with E-state index in [2.05, 4.69) is 12.0 Å². The first-order chi connectivity index (χ1) is 4.76. The molecule has 10 heavy (non-hydrogen) atoms. The van der Waals surface area contributed by atoms with E-state index in [9.17, 15) is 0 Å². The van der Waals surface area contributed by atoms with Crippen LogP contribution in [0.4, 0.5) is 0 Å². The van der Waals surface area contributed by atoms with Gasteiger partial charge in [-0.15, -0.1) is 6.58 Å². The van der Waals surface area contributed by atoms with Crippen molar-refractivity contribution in [2.75, 3.05) is 7.11 Å². The Bertz CT molecular complexity index is 95.6. The third kappa shape index (κ3) is 2.96. The molecular formula is C7H16N2O. The molecule has 0 aromatic carbocycles. The summed E-state index contributed by atoms with van der Waals surface area (Å²) in [5.74, 6) is 5.26. The summed E-state index contributed by atoms with van der Waals surface area (Å²) in [6.45, 7) is 5.58. The molecule has 0 heterocycles. The van der Waals surface area contributed by atoms with E-state index in [1.807, 2.05) is 13.0 Å². The van der Waals surface area contributed by atoms with Crippen LogP contribution in [0, 0.1) is 0 Å². The zero-order valence-corrected chi connectivity index (χ0v) is 6.63. The van der Waals surface area contributed by atoms with Gasteiger partial charge in [0.15, 0.2) is 0 Å². The zero-order valence-electron chi connectivity index (χ0n) is 6.63. The number of hydrogen-bond donors (Lipinski definition) is 2. The number of nitrogens with one attached hydrogen (secondary N) is 1. The van der Waals surface area contributed by atoms with Crippen LogP contribution in [0.5, 0.6) is 0 Å². The molecule has 0 radical (unpaired) electrons. The number of hydrogen-bond acceptors (Lipinski definition) is 3. The Balaban J connectivity index is 3.67. The van der Waals surface area contributed by atoms with Crippen molar-refractivity contribution in [1.82, 2.24) is 5.43 Å². The fourth-order valence-corrected chi connectivity index (χ4v) is 0.739. The smallest absolute Gasteiger partial charge is 0.0712 e. The lowest BCUT2D eigenvalue weighted by atomic mass is 10.1. The highest BCUT2D eigenvalue weighted by molar-refractivity contribution is 4.80. The zero-order chi connectivity index (χ0) is 7.98. The topological polar surface area (TPSA) is 47.3 Å². The van der Waals surface area contributed by atoms with Crippen LogP contribution < -0.4 is 11.3 Å². The maximum atomic E-state index is 5.26. The van der Waals surface area contributed by atoms with E-state index in [1.54, 1.807) is 7.11 Å². The molecule has 0 aliphatic heterocycles. The summed E-state index contributed by atoms with van der Waals surface area (Å²) in [4.78, 5) is 0. The molecule has 60 valence electrons. The van der Waals surface area contributed by atoms with Gasteiger partial charge in [0.25, 0.3) is 0 Å². The molecule has 0 rings (SSSR count). The minimum atomic E-state index is 0.128. The number of rotatable bonds is 5. The van der Waals surface area contributed by atoms with Crippen molar-refractivity contribution in [2.45, 2.75) is 25.5 Å². The van der Waals surface area contributed by atoms with Gasteiger partial charge >= 0.3 is 0 Å². The summed E-state index contributed by atoms with van der Waals surface area (Å²) in [7, 11) is 1.66. The Morgan fingerprint density at radius 3 is 2.70 bits per heavy atom. The molecule has 0 spiro atoms. The molecule has 0 saturated carbocycles. The van der Waals surface area contributed by atoms with Gasteiger partial charge in [0.05, 0.1) is 12.1 Å². The first kappa shape index (κ1) is 9.62. The highest BCUT2D eigenvalue weighted by Crippen LogP contribution is 2.00. The van der Waals surface area contributed by atoms with Gasteiger partial charge in [0, 0.05) is 7.11 Å². The van der Waals surface area contributed by atoms with E-state index in [0.29, 0.717) is 0 Å². The average Bonchev–Trinajstić information content (AvgIpc) is 1.99. The van der Waals surface area contributed by atoms with Crippen LogP contribution in [0.2, 0.25) is 0 Å². The summed E-state index contributed by atoms with van der Waals surface area (Å²) in [6, 6.07) is 0.169. The molecule has 0 fully saturated rings. The Labute approximate surface area is 62.2 Å². The molecule has 2 atom stereocenters. The van der Waals surface area contributed by atoms with Crippen molar-refractivity contribution in [1.29, 1.82) is 0 Å². The molecule has 3 heteroatoms. The first-order valence-electron chi connectivity index (χ1n) is 3.36. The highest BCUT2D eigenvalue weighted by atomic mass is 16.5. The predicted octanol–water partition coefficient (Wildman–Crippen LogP) is 0.429. The maximum absolute atomic E-state index is 5.26. The van der Waals surface area contributed by atoms with Crippen LogP contribution in [0.25, 0.3) is 0 Å². The Morgan fingerprint density at radius 2 is 2.40 bits per heavy atom. The third-order valence-electron chi connectivity index (χ3n) is 1.57. The van der Waals surface area contributed by atoms with E-state index in [0.717, 1.165) is 6.42 Å². The monoisotopic (exact) mass is 144 g/mol. The second-order valence-corrected chi connectivity index (χ2v) is 2.24. The van der Waals surface area contributed by atoms with Gasteiger partial charge < -0.3 is 4.74 Å². The van der Waals surface area contributed by atoms with Crippen molar-refractivity contribution in [3.63, 3.8) is 0 Å². The summed E-state index contributed by atoms with van der Waals surface area (Å²) >= 11 is 0. The van der Waals surface area contributed by atoms with Crippen LogP contribution in [0.3, 0.4) is 0 Å². The van der Waals surface area contributed by atoms with Gasteiger partial charge in [-0.3, -0.25) is 11.3 Å². The van der Waals surface area contributed by atoms with E-state index in [1.165, 1.54) is 0 Å². The molecule has 0 aromatic rings. The van der Waals surface area contributed by atoms with Crippen molar-refractivity contribution in [3.8, 4) is 0 Å². The molecule has 0 saturated heterocycles. The van der Waals surface area contributed by atoms with Crippen LogP contribution in [0.15, 0.2) is 12.7 Å². The predicted molar refractivity (Wildman–Crippen MR) is 42.4 cm³/mol. The summed E-state index contributed by atoms with van der Waals surface area (Å²) in [5, 5.41) is 0. The van der Waals surface area contributed by atoms with Crippen LogP contribution >= 0.6 is 0 Å². The number of ether oxygens (including phenoxy) is 1. The quantitative estimate of drug-likeness (QED) is 0.334. The van der Waals surface area contributed by atoms with Crippen LogP contribution in [-0.2, 0) is 4.74 Å². The second kappa shape index (κ2) is 5.41. The van der Waals surface area contributed by atoms with Gasteiger partial charge in [-0.1, -0.05) is 6.08 Å². The Kier molecular flexibility index (Phi) is 5.20. The lowest BCUT2D eigenvalue weighted by molar-refractivity contribution is 0.0840. The Morgan fingerprint density at radius 1 is 1.80 bits per heavy atom. The lowest BCUT2D eigenvalue weighted by Crippen LogP contribution is -2.43. The molecule has 0 aliphatic rings. The van der Waals surface area contributed by atoms with E-state index in [4.69, 9.17) is 10.6 Å². The largest absolute Gasteiger partial charge is 0.380 e. The highest BCUT2D eigenvalue weighted by Gasteiger charge is 2.12. The lowest BCUT2D eigenvalue weighted by Gasteiger charge is -2.19. The minimum absolute atomic E-state index is 0.128. The van der Waals surface area contributed by atoms with Crippen LogP contribution in [0.1, 0.15) is 13.3 Å². The van der Waals surface area contributed by atoms with Crippen molar-refractivity contribution in [3.05, 3.63) is 12.7 Å². The normalized spacial score (nSPS) is 16.3. The Hall–Kier alpha value is -0.380. The van der Waals surface area contributed by atoms with Crippen LogP contribution in [-0.4, -0.2) is 19.3 Å². The number of hydrazine groups is 1. The fraction of sp³-hybridized carbons (Fsp3) is 0.714. The molecule has 3 N–H and O–H groups in total. The van der Waals surface area contributed by atoms with Crippen molar-refractivity contribution >= 4 is 0 Å². The SMILES string of the molecule is C=CCC(NN)C(C)OC. The first-order valence-corrected chi connectivity index (χ1v) is 3.36. The average molecular weight is 144 g/mol. The summed E-state index contributed by atoms with van der Waals surface area (Å²) < 4.78 is 5.07. The summed E-state index contributed by atoms with van der Waals surface area (Å²) in [5.41, 5.74) is 2.66. The van der Waals surface area contributed by atoms with Gasteiger partial charge in [0.2, 0.25) is 0 Å². The van der Waals surface area contributed by atoms with Gasteiger partial charge in [-0.25, -0.2) is 0 Å². The number of nitrogens with two attached hydrogens (primary N) is 1. The minimum Gasteiger partial charge on any atom is -0.380 e. The standard InChI is InChI=1S/C7H16N2O/c1-4-5-7(9-8)6(2)10-3/h4,6-7,9H,1,5,8H2,2-3H3. The maximum Gasteiger partial charge on any atom is 0.0712 e. The third-order valence-corrected chi connectivity index (χ3v) is 1.57. The van der Waals surface area contributed by atoms with Gasteiger partial charge in [-0.05, 0) is 13.3 Å². The molecule has 3 nitrogen and oxygen atoms in total. The molecule has 0 amide bonds. The van der Waals surface area contributed by atoms with E-state index in [-0.39, 0.29) is 12.1 Å². The molecular weight excluding hydrogens is 128 g/mol. The molecule has 0 aromatic heterocycles. The molecule has 0 aliphatic carbocycles. The van der Waals surface area contributed by atoms with Gasteiger partial charge in [0.1, 0.15) is 0 Å². The molecule has 0 bridgehead atoms. The van der Waals surface area contributed by atoms with Crippen molar-refractivity contribution < 1.29 is 4.74 Å². The summed E-state index contributed by atoms with van der Waals surface area (Å²) in [6.07, 6.45) is 2.77. The van der Waals surface area contributed by atoms with Gasteiger partial charge in [-0.2, -0.15) is 0 Å². The van der Waals surface area contributed by atoms with E-state index < -0.39 is 0 Å². The fourth-order valence-electron chi connectivity index (χ4n) is 0.739. The van der Waals surface area contributed by atoms with E-state index >= 15 is 0 Å². The second-order valence-electron chi connectivity index (χ2n) is 2.24. The number of methoxy groups -OCH3 is 1.